The SMILES string of the molecule is OC1NC(c2ccccc2)c2cc[c]cc2SC1O. The lowest BCUT2D eigenvalue weighted by molar-refractivity contribution is 0.0435. The summed E-state index contributed by atoms with van der Waals surface area (Å²) in [4.78, 5) is 0.938. The van der Waals surface area contributed by atoms with Crippen molar-refractivity contribution in [3.8, 4) is 0 Å². The van der Waals surface area contributed by atoms with Gasteiger partial charge in [0.15, 0.2) is 0 Å². The molecule has 0 saturated carbocycles. The maximum absolute atomic E-state index is 9.97. The van der Waals surface area contributed by atoms with E-state index in [2.05, 4.69) is 11.4 Å². The quantitative estimate of drug-likeness (QED) is 0.742. The Morgan fingerprint density at radius 1 is 1.11 bits per heavy atom. The number of nitrogens with one attached hydrogen (secondary N) is 1. The highest BCUT2D eigenvalue weighted by atomic mass is 32.2. The number of fused-ring (bicyclic) bond motifs is 1. The molecule has 3 N–H and O–H groups in total. The van der Waals surface area contributed by atoms with Gasteiger partial charge in [-0.05, 0) is 23.3 Å². The fourth-order valence-electron chi connectivity index (χ4n) is 2.23. The predicted molar refractivity (Wildman–Crippen MR) is 74.6 cm³/mol. The summed E-state index contributed by atoms with van der Waals surface area (Å²) in [5, 5.41) is 22.9. The Morgan fingerprint density at radius 2 is 1.89 bits per heavy atom. The minimum atomic E-state index is -0.970. The van der Waals surface area contributed by atoms with Crippen molar-refractivity contribution in [2.24, 2.45) is 0 Å². The van der Waals surface area contributed by atoms with E-state index in [1.54, 1.807) is 0 Å². The van der Waals surface area contributed by atoms with Crippen molar-refractivity contribution in [2.75, 3.05) is 0 Å². The fraction of sp³-hybridized carbons (Fsp3) is 0.200. The second kappa shape index (κ2) is 5.35. The van der Waals surface area contributed by atoms with Gasteiger partial charge in [-0.3, -0.25) is 5.32 Å². The van der Waals surface area contributed by atoms with Crippen molar-refractivity contribution in [1.29, 1.82) is 0 Å². The molecule has 0 aliphatic carbocycles. The number of thioether (sulfide) groups is 1. The summed E-state index contributed by atoms with van der Waals surface area (Å²) >= 11 is 1.25. The third-order valence-corrected chi connectivity index (χ3v) is 4.26. The van der Waals surface area contributed by atoms with Crippen molar-refractivity contribution in [3.05, 3.63) is 65.7 Å². The molecule has 3 rings (SSSR count). The largest absolute Gasteiger partial charge is 0.378 e. The summed E-state index contributed by atoms with van der Waals surface area (Å²) in [6.07, 6.45) is -0.970. The van der Waals surface area contributed by atoms with Gasteiger partial charge in [0.1, 0.15) is 11.7 Å². The van der Waals surface area contributed by atoms with Crippen LogP contribution < -0.4 is 5.32 Å². The number of hydrogen-bond acceptors (Lipinski definition) is 4. The van der Waals surface area contributed by atoms with Crippen LogP contribution in [0.4, 0.5) is 0 Å². The second-order valence-corrected chi connectivity index (χ2v) is 5.59. The smallest absolute Gasteiger partial charge is 0.143 e. The van der Waals surface area contributed by atoms with E-state index in [1.165, 1.54) is 11.8 Å². The molecule has 3 atom stereocenters. The first-order chi connectivity index (χ1) is 9.25. The average Bonchev–Trinajstić information content (AvgIpc) is 2.58. The molecule has 0 bridgehead atoms. The number of benzene rings is 2. The third-order valence-electron chi connectivity index (χ3n) is 3.16. The van der Waals surface area contributed by atoms with Gasteiger partial charge in [-0.15, -0.1) is 0 Å². The molecule has 1 heterocycles. The molecule has 1 aliphatic heterocycles. The van der Waals surface area contributed by atoms with Gasteiger partial charge < -0.3 is 10.2 Å². The number of aliphatic hydroxyl groups excluding tert-OH is 2. The van der Waals surface area contributed by atoms with Crippen LogP contribution in [0.15, 0.2) is 53.4 Å². The van der Waals surface area contributed by atoms with Crippen LogP contribution in [0.1, 0.15) is 17.2 Å². The molecule has 3 unspecified atom stereocenters. The molecule has 1 radical (unpaired) electrons. The van der Waals surface area contributed by atoms with Crippen LogP contribution in [-0.2, 0) is 0 Å². The van der Waals surface area contributed by atoms with Gasteiger partial charge >= 0.3 is 0 Å². The monoisotopic (exact) mass is 272 g/mol. The summed E-state index contributed by atoms with van der Waals surface area (Å²) < 4.78 is 0. The summed E-state index contributed by atoms with van der Waals surface area (Å²) in [6.45, 7) is 0. The van der Waals surface area contributed by atoms with Gasteiger partial charge in [-0.2, -0.15) is 0 Å². The number of rotatable bonds is 1. The highest BCUT2D eigenvalue weighted by molar-refractivity contribution is 7.99. The van der Waals surface area contributed by atoms with E-state index >= 15 is 0 Å². The first-order valence-corrected chi connectivity index (χ1v) is 6.97. The van der Waals surface area contributed by atoms with Gasteiger partial charge in [-0.25, -0.2) is 0 Å². The molecule has 3 nitrogen and oxygen atoms in total. The number of aliphatic hydroxyl groups is 2. The van der Waals surface area contributed by atoms with Gasteiger partial charge in [0.2, 0.25) is 0 Å². The van der Waals surface area contributed by atoms with Gasteiger partial charge in [0, 0.05) is 4.90 Å². The fourth-order valence-corrected chi connectivity index (χ4v) is 3.15. The van der Waals surface area contributed by atoms with Crippen LogP contribution in [0, 0.1) is 6.07 Å². The van der Waals surface area contributed by atoms with Crippen molar-refractivity contribution < 1.29 is 10.2 Å². The van der Waals surface area contributed by atoms with Crippen molar-refractivity contribution >= 4 is 11.8 Å². The topological polar surface area (TPSA) is 52.5 Å². The highest BCUT2D eigenvalue weighted by Crippen LogP contribution is 2.36. The Kier molecular flexibility index (Phi) is 3.57. The normalized spacial score (nSPS) is 26.5. The van der Waals surface area contributed by atoms with E-state index in [0.717, 1.165) is 16.0 Å². The predicted octanol–water partition coefficient (Wildman–Crippen LogP) is 1.91. The minimum Gasteiger partial charge on any atom is -0.378 e. The zero-order valence-electron chi connectivity index (χ0n) is 10.2. The molecule has 0 fully saturated rings. The lowest BCUT2D eigenvalue weighted by Gasteiger charge is -2.22. The van der Waals surface area contributed by atoms with Crippen molar-refractivity contribution in [2.45, 2.75) is 22.6 Å². The lowest BCUT2D eigenvalue weighted by atomic mass is 9.98. The van der Waals surface area contributed by atoms with Gasteiger partial charge in [-0.1, -0.05) is 54.2 Å². The molecule has 1 aliphatic rings. The lowest BCUT2D eigenvalue weighted by Crippen LogP contribution is -2.38. The molecule has 4 heteroatoms. The van der Waals surface area contributed by atoms with Crippen LogP contribution in [-0.4, -0.2) is 21.9 Å². The van der Waals surface area contributed by atoms with Crippen LogP contribution in [0.25, 0.3) is 0 Å². The van der Waals surface area contributed by atoms with Crippen LogP contribution >= 0.6 is 11.8 Å². The van der Waals surface area contributed by atoms with Gasteiger partial charge in [0.25, 0.3) is 0 Å². The molecule has 0 amide bonds. The molecule has 0 spiro atoms. The Hall–Kier alpha value is -1.33. The average molecular weight is 272 g/mol. The highest BCUT2D eigenvalue weighted by Gasteiger charge is 2.29. The Bertz CT molecular complexity index is 561. The Balaban J connectivity index is 2.08. The summed E-state index contributed by atoms with van der Waals surface area (Å²) in [5.74, 6) is 0. The zero-order valence-corrected chi connectivity index (χ0v) is 11.0. The standard InChI is InChI=1S/C15H14NO2S/c17-14-15(18)19-12-9-5-4-8-11(12)13(16-14)10-6-2-1-3-7-10/h1-4,6-9,13-18H. The van der Waals surface area contributed by atoms with Crippen LogP contribution in [0.5, 0.6) is 0 Å². The molecule has 97 valence electrons. The van der Waals surface area contributed by atoms with Crippen molar-refractivity contribution in [1.82, 2.24) is 5.32 Å². The second-order valence-electron chi connectivity index (χ2n) is 4.43. The molecule has 19 heavy (non-hydrogen) atoms. The zero-order chi connectivity index (χ0) is 13.2. The molecule has 2 aromatic carbocycles. The van der Waals surface area contributed by atoms with Crippen LogP contribution in [0.2, 0.25) is 0 Å². The molecule has 0 saturated heterocycles. The minimum absolute atomic E-state index is 0.134. The van der Waals surface area contributed by atoms with E-state index in [9.17, 15) is 10.2 Å². The molecular formula is C15H14NO2S. The summed E-state index contributed by atoms with van der Waals surface area (Å²) in [6, 6.07) is 18.4. The Labute approximate surface area is 116 Å². The third kappa shape index (κ3) is 2.53. The number of hydrogen-bond donors (Lipinski definition) is 3. The van der Waals surface area contributed by atoms with Gasteiger partial charge in [0.05, 0.1) is 6.04 Å². The first kappa shape index (κ1) is 12.7. The van der Waals surface area contributed by atoms with E-state index in [4.69, 9.17) is 0 Å². The van der Waals surface area contributed by atoms with Crippen molar-refractivity contribution in [3.63, 3.8) is 0 Å². The maximum atomic E-state index is 9.97. The molecular weight excluding hydrogens is 258 g/mol. The maximum Gasteiger partial charge on any atom is 0.143 e. The van der Waals surface area contributed by atoms with E-state index in [-0.39, 0.29) is 6.04 Å². The summed E-state index contributed by atoms with van der Waals surface area (Å²) in [5.41, 5.74) is 1.22. The summed E-state index contributed by atoms with van der Waals surface area (Å²) in [7, 11) is 0. The molecule has 0 aromatic heterocycles. The Morgan fingerprint density at radius 3 is 2.68 bits per heavy atom. The van der Waals surface area contributed by atoms with E-state index in [0.29, 0.717) is 0 Å². The van der Waals surface area contributed by atoms with E-state index in [1.807, 2.05) is 48.5 Å². The molecule has 2 aromatic rings. The van der Waals surface area contributed by atoms with E-state index < -0.39 is 11.7 Å². The van der Waals surface area contributed by atoms with Crippen LogP contribution in [0.3, 0.4) is 0 Å². The first-order valence-electron chi connectivity index (χ1n) is 6.09.